The average Bonchev–Trinajstić information content (AvgIpc) is 3.39. The predicted octanol–water partition coefficient (Wildman–Crippen LogP) is 21.0. The standard InChI is InChI=1S/C67H129NO5/c1-3-5-7-9-11-13-15-17-32-36-39-43-47-51-55-59-65(70)64(63-69)68-66(71)60-56-52-48-44-40-37-33-30-28-26-24-22-20-18-19-21-23-25-27-29-31-34-38-42-46-50-54-58-62-73-67(72)61-57-53-49-45-41-35-16-14-12-10-8-6-4-2/h14,16,55,59,64-65,69-70H,3-13,15,17-54,56-58,60-63H2,1-2H3,(H,68,71)/b16-14-,59-55+. The van der Waals surface area contributed by atoms with Gasteiger partial charge >= 0.3 is 5.97 Å². The first-order valence-corrected chi connectivity index (χ1v) is 33.1. The van der Waals surface area contributed by atoms with Crippen molar-refractivity contribution in [2.75, 3.05) is 13.2 Å². The largest absolute Gasteiger partial charge is 0.466 e. The van der Waals surface area contributed by atoms with Gasteiger partial charge < -0.3 is 20.3 Å². The Kier molecular flexibility index (Phi) is 61.4. The van der Waals surface area contributed by atoms with Crippen LogP contribution in [0.5, 0.6) is 0 Å². The zero-order valence-corrected chi connectivity index (χ0v) is 49.4. The van der Waals surface area contributed by atoms with Crippen molar-refractivity contribution in [2.24, 2.45) is 0 Å². The topological polar surface area (TPSA) is 95.9 Å². The molecule has 2 atom stereocenters. The minimum Gasteiger partial charge on any atom is -0.466 e. The molecular formula is C67H129NO5. The first-order chi connectivity index (χ1) is 36.0. The molecule has 432 valence electrons. The molecule has 0 aliphatic heterocycles. The maximum Gasteiger partial charge on any atom is 0.305 e. The molecule has 6 heteroatoms. The molecule has 1 amide bonds. The van der Waals surface area contributed by atoms with Crippen molar-refractivity contribution >= 4 is 11.9 Å². The summed E-state index contributed by atoms with van der Waals surface area (Å²) in [5.74, 6) is -0.0532. The van der Waals surface area contributed by atoms with Crippen LogP contribution in [0.3, 0.4) is 0 Å². The third-order valence-corrected chi connectivity index (χ3v) is 15.5. The van der Waals surface area contributed by atoms with Crippen LogP contribution >= 0.6 is 0 Å². The monoisotopic (exact) mass is 1030 g/mol. The summed E-state index contributed by atoms with van der Waals surface area (Å²) in [5.41, 5.74) is 0. The lowest BCUT2D eigenvalue weighted by molar-refractivity contribution is -0.143. The van der Waals surface area contributed by atoms with E-state index in [1.165, 1.54) is 295 Å². The molecule has 0 aromatic heterocycles. The number of rotatable bonds is 62. The molecule has 73 heavy (non-hydrogen) atoms. The third-order valence-electron chi connectivity index (χ3n) is 15.5. The molecule has 0 radical (unpaired) electrons. The molecule has 0 rings (SSSR count). The SMILES string of the molecule is CCCCCC/C=C\CCCCCCCC(=O)OCCCCCCCCCCCCCCCCCCCCCCCCCCCCCCC(=O)NC(CO)C(O)/C=C/CCCCCCCCCCCCCCC. The summed E-state index contributed by atoms with van der Waals surface area (Å²) in [6, 6.07) is -0.625. The predicted molar refractivity (Wildman–Crippen MR) is 320 cm³/mol. The van der Waals surface area contributed by atoms with Gasteiger partial charge in [0.1, 0.15) is 0 Å². The molecule has 0 spiro atoms. The van der Waals surface area contributed by atoms with Crippen molar-refractivity contribution in [2.45, 2.75) is 379 Å². The van der Waals surface area contributed by atoms with Crippen LogP contribution in [0, 0.1) is 0 Å². The maximum absolute atomic E-state index is 12.5. The number of hydrogen-bond acceptors (Lipinski definition) is 5. The number of carbonyl (C=O) groups is 2. The Morgan fingerprint density at radius 2 is 0.644 bits per heavy atom. The van der Waals surface area contributed by atoms with Gasteiger partial charge in [-0.2, -0.15) is 0 Å². The van der Waals surface area contributed by atoms with E-state index in [4.69, 9.17) is 4.74 Å². The van der Waals surface area contributed by atoms with E-state index in [2.05, 4.69) is 31.3 Å². The van der Waals surface area contributed by atoms with Crippen LogP contribution in [0.1, 0.15) is 367 Å². The number of esters is 1. The van der Waals surface area contributed by atoms with Gasteiger partial charge in [0.2, 0.25) is 5.91 Å². The highest BCUT2D eigenvalue weighted by atomic mass is 16.5. The summed E-state index contributed by atoms with van der Waals surface area (Å²) in [5, 5.41) is 23.1. The summed E-state index contributed by atoms with van der Waals surface area (Å²) in [4.78, 5) is 24.5. The smallest absolute Gasteiger partial charge is 0.305 e. The highest BCUT2D eigenvalue weighted by molar-refractivity contribution is 5.76. The zero-order chi connectivity index (χ0) is 52.9. The minimum atomic E-state index is -0.841. The van der Waals surface area contributed by atoms with Crippen molar-refractivity contribution in [3.8, 4) is 0 Å². The van der Waals surface area contributed by atoms with Crippen LogP contribution in [0.15, 0.2) is 24.3 Å². The second kappa shape index (κ2) is 62.9. The van der Waals surface area contributed by atoms with Crippen LogP contribution in [-0.4, -0.2) is 47.4 Å². The van der Waals surface area contributed by atoms with E-state index in [-0.39, 0.29) is 18.5 Å². The molecule has 0 aromatic carbocycles. The van der Waals surface area contributed by atoms with Crippen LogP contribution < -0.4 is 5.32 Å². The molecular weight excluding hydrogens is 899 g/mol. The third kappa shape index (κ3) is 59.4. The second-order valence-corrected chi connectivity index (χ2v) is 22.8. The summed E-state index contributed by atoms with van der Waals surface area (Å²) >= 11 is 0. The van der Waals surface area contributed by atoms with Crippen LogP contribution in [-0.2, 0) is 14.3 Å². The fraction of sp³-hybridized carbons (Fsp3) is 0.910. The van der Waals surface area contributed by atoms with Gasteiger partial charge in [0.05, 0.1) is 25.4 Å². The average molecular weight is 1030 g/mol. The molecule has 6 nitrogen and oxygen atoms in total. The fourth-order valence-corrected chi connectivity index (χ4v) is 10.4. The van der Waals surface area contributed by atoms with Crippen molar-refractivity contribution in [3.63, 3.8) is 0 Å². The normalized spacial score (nSPS) is 12.7. The molecule has 0 saturated carbocycles. The van der Waals surface area contributed by atoms with Gasteiger partial charge in [-0.3, -0.25) is 9.59 Å². The highest BCUT2D eigenvalue weighted by Gasteiger charge is 2.18. The van der Waals surface area contributed by atoms with Gasteiger partial charge in [0.25, 0.3) is 0 Å². The maximum atomic E-state index is 12.5. The Labute approximate surface area is 456 Å². The van der Waals surface area contributed by atoms with Gasteiger partial charge in [-0.15, -0.1) is 0 Å². The minimum absolute atomic E-state index is 0.00951. The number of aliphatic hydroxyl groups is 2. The van der Waals surface area contributed by atoms with Crippen LogP contribution in [0.25, 0.3) is 0 Å². The first kappa shape index (κ1) is 71.3. The Bertz CT molecular complexity index is 1140. The lowest BCUT2D eigenvalue weighted by Crippen LogP contribution is -2.45. The number of nitrogens with one attached hydrogen (secondary N) is 1. The first-order valence-electron chi connectivity index (χ1n) is 33.1. The number of aliphatic hydroxyl groups excluding tert-OH is 2. The number of unbranched alkanes of at least 4 members (excludes halogenated alkanes) is 49. The van der Waals surface area contributed by atoms with Crippen molar-refractivity contribution in [1.82, 2.24) is 5.32 Å². The Morgan fingerprint density at radius 3 is 0.986 bits per heavy atom. The van der Waals surface area contributed by atoms with Gasteiger partial charge in [-0.05, 0) is 57.8 Å². The quantitative estimate of drug-likeness (QED) is 0.0320. The molecule has 3 N–H and O–H groups in total. The molecule has 0 aromatic rings. The molecule has 2 unspecified atom stereocenters. The van der Waals surface area contributed by atoms with Gasteiger partial charge in [-0.1, -0.05) is 321 Å². The number of hydrogen-bond donors (Lipinski definition) is 3. The molecule has 0 aliphatic rings. The zero-order valence-electron chi connectivity index (χ0n) is 49.4. The van der Waals surface area contributed by atoms with Crippen molar-refractivity contribution < 1.29 is 24.5 Å². The van der Waals surface area contributed by atoms with E-state index in [9.17, 15) is 19.8 Å². The fourth-order valence-electron chi connectivity index (χ4n) is 10.4. The summed E-state index contributed by atoms with van der Waals surface area (Å²) in [6.07, 6.45) is 78.1. The Hall–Kier alpha value is -1.66. The van der Waals surface area contributed by atoms with E-state index in [0.29, 0.717) is 19.4 Å². The van der Waals surface area contributed by atoms with E-state index >= 15 is 0 Å². The van der Waals surface area contributed by atoms with E-state index in [0.717, 1.165) is 44.9 Å². The van der Waals surface area contributed by atoms with Crippen LogP contribution in [0.2, 0.25) is 0 Å². The van der Waals surface area contributed by atoms with Crippen LogP contribution in [0.4, 0.5) is 0 Å². The van der Waals surface area contributed by atoms with Crippen molar-refractivity contribution in [1.29, 1.82) is 0 Å². The van der Waals surface area contributed by atoms with Crippen molar-refractivity contribution in [3.05, 3.63) is 24.3 Å². The second-order valence-electron chi connectivity index (χ2n) is 22.8. The molecule has 0 bridgehead atoms. The van der Waals surface area contributed by atoms with Gasteiger partial charge in [0, 0.05) is 12.8 Å². The number of ether oxygens (including phenoxy) is 1. The summed E-state index contributed by atoms with van der Waals surface area (Å²) in [6.45, 7) is 4.91. The molecule has 0 aliphatic carbocycles. The summed E-state index contributed by atoms with van der Waals surface area (Å²) < 4.78 is 5.48. The molecule has 0 fully saturated rings. The Morgan fingerprint density at radius 1 is 0.370 bits per heavy atom. The van der Waals surface area contributed by atoms with Gasteiger partial charge in [-0.25, -0.2) is 0 Å². The Balaban J connectivity index is 3.36. The lowest BCUT2D eigenvalue weighted by Gasteiger charge is -2.20. The number of amides is 1. The van der Waals surface area contributed by atoms with Gasteiger partial charge in [0.15, 0.2) is 0 Å². The number of carbonyl (C=O) groups excluding carboxylic acids is 2. The number of allylic oxidation sites excluding steroid dienone is 3. The summed E-state index contributed by atoms with van der Waals surface area (Å²) in [7, 11) is 0. The molecule has 0 saturated heterocycles. The van der Waals surface area contributed by atoms with E-state index in [1.807, 2.05) is 6.08 Å². The van der Waals surface area contributed by atoms with E-state index < -0.39 is 12.1 Å². The lowest BCUT2D eigenvalue weighted by atomic mass is 10.0. The highest BCUT2D eigenvalue weighted by Crippen LogP contribution is 2.18. The van der Waals surface area contributed by atoms with E-state index in [1.54, 1.807) is 6.08 Å². The molecule has 0 heterocycles.